The fourth-order valence-electron chi connectivity index (χ4n) is 5.73. The molecule has 9 heteroatoms. The average molecular weight is 518 g/mol. The number of aromatic nitrogens is 3. The minimum atomic E-state index is -0.649. The number of anilines is 1. The van der Waals surface area contributed by atoms with Crippen LogP contribution in [0.5, 0.6) is 5.75 Å². The Hall–Kier alpha value is -3.72. The Morgan fingerprint density at radius 3 is 2.68 bits per heavy atom. The summed E-state index contributed by atoms with van der Waals surface area (Å²) in [6.45, 7) is 5.69. The maximum Gasteiger partial charge on any atom is 0.257 e. The molecule has 2 N–H and O–H groups in total. The van der Waals surface area contributed by atoms with Gasteiger partial charge in [0.2, 0.25) is 0 Å². The smallest absolute Gasteiger partial charge is 0.257 e. The zero-order valence-corrected chi connectivity index (χ0v) is 21.9. The molecule has 1 saturated carbocycles. The number of nitrogens with two attached hydrogens (primary N) is 1. The van der Waals surface area contributed by atoms with Crippen LogP contribution in [0, 0.1) is 18.2 Å². The number of nitrogens with zero attached hydrogens (tertiary/aromatic N) is 4. The summed E-state index contributed by atoms with van der Waals surface area (Å²) in [7, 11) is 1.66. The summed E-state index contributed by atoms with van der Waals surface area (Å²) in [5.74, 6) is -0.0747. The lowest BCUT2D eigenvalue weighted by Crippen LogP contribution is -2.40. The van der Waals surface area contributed by atoms with Gasteiger partial charge in [-0.25, -0.2) is 14.4 Å². The van der Waals surface area contributed by atoms with Crippen molar-refractivity contribution in [3.8, 4) is 5.75 Å². The fraction of sp³-hybridized carbons (Fsp3) is 0.414. The van der Waals surface area contributed by atoms with E-state index in [1.807, 2.05) is 25.1 Å². The lowest BCUT2D eigenvalue weighted by molar-refractivity contribution is -0.106. The number of ether oxygens (including phenoxy) is 2. The first-order chi connectivity index (χ1) is 18.2. The number of benzene rings is 2. The van der Waals surface area contributed by atoms with E-state index in [0.29, 0.717) is 34.7 Å². The number of likely N-dealkylation sites (N-methyl/N-ethyl adjacent to an activating group) is 1. The number of rotatable bonds is 2. The van der Waals surface area contributed by atoms with Crippen LogP contribution in [0.15, 0.2) is 42.9 Å². The lowest BCUT2D eigenvalue weighted by atomic mass is 9.73. The minimum Gasteiger partial charge on any atom is -0.491 e. The quantitative estimate of drug-likeness (QED) is 0.398. The van der Waals surface area contributed by atoms with E-state index in [9.17, 15) is 9.18 Å². The Morgan fingerprint density at radius 2 is 2.00 bits per heavy atom. The topological polar surface area (TPSA) is 95.0 Å². The Morgan fingerprint density at radius 1 is 1.21 bits per heavy atom. The summed E-state index contributed by atoms with van der Waals surface area (Å²) >= 11 is 0. The van der Waals surface area contributed by atoms with Gasteiger partial charge in [0.1, 0.15) is 29.5 Å². The first kappa shape index (κ1) is 24.6. The number of carbonyl (C=O) groups is 1. The van der Waals surface area contributed by atoms with E-state index >= 15 is 0 Å². The van der Waals surface area contributed by atoms with Gasteiger partial charge >= 0.3 is 0 Å². The zero-order valence-electron chi connectivity index (χ0n) is 21.9. The maximum atomic E-state index is 14.8. The van der Waals surface area contributed by atoms with Crippen LogP contribution < -0.4 is 10.5 Å². The predicted octanol–water partition coefficient (Wildman–Crippen LogP) is 5.08. The van der Waals surface area contributed by atoms with Gasteiger partial charge in [-0.05, 0) is 55.7 Å². The highest BCUT2D eigenvalue weighted by Crippen LogP contribution is 2.42. The summed E-state index contributed by atoms with van der Waals surface area (Å²) in [4.78, 5) is 23.0. The third-order valence-electron chi connectivity index (χ3n) is 8.22. The number of aryl methyl sites for hydroxylation is 1. The fourth-order valence-corrected chi connectivity index (χ4v) is 5.73. The molecule has 1 unspecified atom stereocenters. The van der Waals surface area contributed by atoms with Gasteiger partial charge in [-0.3, -0.25) is 9.20 Å². The van der Waals surface area contributed by atoms with E-state index in [4.69, 9.17) is 15.2 Å². The number of hydrogen-bond donors (Lipinski definition) is 1. The average Bonchev–Trinajstić information content (AvgIpc) is 3.56. The molecule has 198 valence electrons. The number of hydrogen-bond acceptors (Lipinski definition) is 6. The second-order valence-corrected chi connectivity index (χ2v) is 11.1. The van der Waals surface area contributed by atoms with Crippen molar-refractivity contribution in [1.29, 1.82) is 0 Å². The van der Waals surface area contributed by atoms with Crippen LogP contribution in [0.1, 0.15) is 60.1 Å². The molecule has 2 aromatic heterocycles. The molecule has 8 rings (SSSR count). The van der Waals surface area contributed by atoms with Gasteiger partial charge in [-0.15, -0.1) is 0 Å². The first-order valence-corrected chi connectivity index (χ1v) is 13.1. The molecule has 0 radical (unpaired) electrons. The van der Waals surface area contributed by atoms with Gasteiger partial charge in [0, 0.05) is 18.7 Å². The highest BCUT2D eigenvalue weighted by molar-refractivity contribution is 5.98. The van der Waals surface area contributed by atoms with E-state index < -0.39 is 11.7 Å². The largest absolute Gasteiger partial charge is 0.491 e. The first-order valence-electron chi connectivity index (χ1n) is 13.1. The maximum absolute atomic E-state index is 14.8. The Labute approximate surface area is 220 Å². The van der Waals surface area contributed by atoms with Gasteiger partial charge in [0.15, 0.2) is 0 Å². The second-order valence-electron chi connectivity index (χ2n) is 11.1. The monoisotopic (exact) mass is 517 g/mol. The standard InChI is InChI=1S/C21H18FN5O2.C8H14O/c1-11-3-4-12-18(9-29-19(12)5-11)26(2)21(28)13-6-16-15(7-14(13)22)25-20(23)17-8-24-10-27(16)17;1-8-4-2-7(3-5-8)9-6-8/h3-8,10,18H,9H2,1-2H3,(H2,23,25);7H,2-6H2,1H3. The predicted molar refractivity (Wildman–Crippen MR) is 143 cm³/mol. The van der Waals surface area contributed by atoms with Crippen molar-refractivity contribution in [1.82, 2.24) is 19.3 Å². The van der Waals surface area contributed by atoms with Crippen LogP contribution in [0.4, 0.5) is 10.2 Å². The van der Waals surface area contributed by atoms with Gasteiger partial charge in [-0.2, -0.15) is 0 Å². The lowest BCUT2D eigenvalue weighted by Gasteiger charge is -2.43. The van der Waals surface area contributed by atoms with Crippen molar-refractivity contribution in [2.45, 2.75) is 51.7 Å². The zero-order chi connectivity index (χ0) is 26.6. The molecule has 4 aliphatic rings. The third-order valence-corrected chi connectivity index (χ3v) is 8.22. The Kier molecular flexibility index (Phi) is 5.98. The number of fused-ring (bicyclic) bond motifs is 7. The second kappa shape index (κ2) is 9.23. The molecule has 4 aromatic rings. The van der Waals surface area contributed by atoms with Crippen molar-refractivity contribution in [3.63, 3.8) is 0 Å². The van der Waals surface area contributed by atoms with Crippen molar-refractivity contribution in [2.24, 2.45) is 5.41 Å². The molecule has 3 aliphatic heterocycles. The van der Waals surface area contributed by atoms with Crippen molar-refractivity contribution >= 4 is 28.3 Å². The van der Waals surface area contributed by atoms with Crippen LogP contribution in [0.2, 0.25) is 0 Å². The van der Waals surface area contributed by atoms with Crippen molar-refractivity contribution in [2.75, 3.05) is 26.0 Å². The number of imidazole rings is 1. The van der Waals surface area contributed by atoms with Crippen LogP contribution in [0.3, 0.4) is 0 Å². The number of amides is 1. The minimum absolute atomic E-state index is 0.0397. The SMILES string of the molecule is CC12CCC(CC1)OC2.Cc1ccc2c(c1)OCC2N(C)C(=O)c1cc2c(cc1F)nc(N)c1cncn12. The van der Waals surface area contributed by atoms with Crippen LogP contribution >= 0.6 is 0 Å². The van der Waals surface area contributed by atoms with Crippen molar-refractivity contribution < 1.29 is 18.7 Å². The molecular formula is C29H32FN5O3. The molecule has 2 saturated heterocycles. The molecule has 1 atom stereocenters. The van der Waals surface area contributed by atoms with E-state index in [-0.39, 0.29) is 17.4 Å². The Bertz CT molecular complexity index is 1530. The molecule has 8 nitrogen and oxygen atoms in total. The highest BCUT2D eigenvalue weighted by atomic mass is 19.1. The summed E-state index contributed by atoms with van der Waals surface area (Å²) in [6.07, 6.45) is 9.21. The third kappa shape index (κ3) is 4.24. The van der Waals surface area contributed by atoms with Gasteiger partial charge in [0.25, 0.3) is 5.91 Å². The molecule has 2 bridgehead atoms. The number of nitrogen functional groups attached to an aromatic ring is 1. The summed E-state index contributed by atoms with van der Waals surface area (Å²) in [5.41, 5.74) is 9.95. The van der Waals surface area contributed by atoms with E-state index in [1.165, 1.54) is 42.7 Å². The highest BCUT2D eigenvalue weighted by Gasteiger charge is 2.37. The summed E-state index contributed by atoms with van der Waals surface area (Å²) < 4.78 is 27.9. The number of halogens is 1. The van der Waals surface area contributed by atoms with Crippen LogP contribution in [-0.4, -0.2) is 51.5 Å². The van der Waals surface area contributed by atoms with Crippen LogP contribution in [0.25, 0.3) is 16.6 Å². The van der Waals surface area contributed by atoms with Gasteiger partial charge in [-0.1, -0.05) is 19.1 Å². The molecular weight excluding hydrogens is 485 g/mol. The molecule has 2 aromatic carbocycles. The summed E-state index contributed by atoms with van der Waals surface area (Å²) in [6, 6.07) is 8.30. The van der Waals surface area contributed by atoms with Gasteiger partial charge < -0.3 is 20.1 Å². The molecule has 1 amide bonds. The van der Waals surface area contributed by atoms with E-state index in [2.05, 4.69) is 16.9 Å². The van der Waals surface area contributed by atoms with Gasteiger partial charge in [0.05, 0.1) is 47.9 Å². The molecule has 5 heterocycles. The number of carbonyl (C=O) groups excluding carboxylic acids is 1. The molecule has 3 fully saturated rings. The van der Waals surface area contributed by atoms with E-state index in [0.717, 1.165) is 23.5 Å². The van der Waals surface area contributed by atoms with Crippen molar-refractivity contribution in [3.05, 3.63) is 65.4 Å². The molecule has 1 aliphatic carbocycles. The summed E-state index contributed by atoms with van der Waals surface area (Å²) in [5, 5.41) is 0. The Balaban J connectivity index is 0.000000246. The van der Waals surface area contributed by atoms with Crippen LogP contribution in [-0.2, 0) is 4.74 Å². The van der Waals surface area contributed by atoms with E-state index in [1.54, 1.807) is 24.0 Å². The normalized spacial score (nSPS) is 23.6. The molecule has 38 heavy (non-hydrogen) atoms. The molecule has 0 spiro atoms.